The summed E-state index contributed by atoms with van der Waals surface area (Å²) in [6.07, 6.45) is 8.09. The number of nitrogens with zero attached hydrogens (tertiary/aromatic N) is 2. The summed E-state index contributed by atoms with van der Waals surface area (Å²) in [6.45, 7) is 4.58. The molecule has 4 aliphatic carbocycles. The van der Waals surface area contributed by atoms with Gasteiger partial charge in [-0.05, 0) is 70.1 Å². The predicted molar refractivity (Wildman–Crippen MR) is 81.5 cm³/mol. The SMILES string of the molecule is CC(C)N(CCC#N)C(=O)NC12CC3CC(CC(C3)C1)C2. The minimum absolute atomic E-state index is 0.0437. The van der Waals surface area contributed by atoms with E-state index in [0.717, 1.165) is 17.8 Å². The summed E-state index contributed by atoms with van der Waals surface area (Å²) in [5, 5.41) is 12.2. The van der Waals surface area contributed by atoms with Crippen molar-refractivity contribution < 1.29 is 4.79 Å². The van der Waals surface area contributed by atoms with E-state index >= 15 is 0 Å². The molecule has 116 valence electrons. The Morgan fingerprint density at radius 1 is 1.24 bits per heavy atom. The molecule has 4 nitrogen and oxygen atoms in total. The zero-order valence-electron chi connectivity index (χ0n) is 13.3. The van der Waals surface area contributed by atoms with E-state index in [2.05, 4.69) is 11.4 Å². The van der Waals surface area contributed by atoms with Gasteiger partial charge in [-0.1, -0.05) is 0 Å². The number of carbonyl (C=O) groups excluding carboxylic acids is 1. The molecule has 0 spiro atoms. The first kappa shape index (κ1) is 14.7. The van der Waals surface area contributed by atoms with Gasteiger partial charge in [-0.2, -0.15) is 5.26 Å². The number of hydrogen-bond donors (Lipinski definition) is 1. The van der Waals surface area contributed by atoms with Crippen LogP contribution >= 0.6 is 0 Å². The second kappa shape index (κ2) is 5.51. The van der Waals surface area contributed by atoms with Crippen LogP contribution in [-0.2, 0) is 0 Å². The van der Waals surface area contributed by atoms with Gasteiger partial charge in [0.15, 0.2) is 0 Å². The Labute approximate surface area is 127 Å². The Balaban J connectivity index is 1.67. The lowest BCUT2D eigenvalue weighted by Crippen LogP contribution is -2.62. The van der Waals surface area contributed by atoms with Gasteiger partial charge in [-0.3, -0.25) is 0 Å². The topological polar surface area (TPSA) is 56.1 Å². The maximum absolute atomic E-state index is 12.7. The molecule has 4 fully saturated rings. The molecule has 0 aromatic rings. The van der Waals surface area contributed by atoms with Gasteiger partial charge in [-0.25, -0.2) is 4.79 Å². The third kappa shape index (κ3) is 2.88. The molecule has 0 aromatic heterocycles. The van der Waals surface area contributed by atoms with Crippen molar-refractivity contribution in [3.8, 4) is 6.07 Å². The molecule has 0 saturated heterocycles. The van der Waals surface area contributed by atoms with E-state index in [1.165, 1.54) is 38.5 Å². The minimum Gasteiger partial charge on any atom is -0.333 e. The summed E-state index contributed by atoms with van der Waals surface area (Å²) in [4.78, 5) is 14.5. The lowest BCUT2D eigenvalue weighted by atomic mass is 9.53. The smallest absolute Gasteiger partial charge is 0.318 e. The molecule has 0 radical (unpaired) electrons. The number of nitriles is 1. The van der Waals surface area contributed by atoms with Crippen molar-refractivity contribution in [3.05, 3.63) is 0 Å². The quantitative estimate of drug-likeness (QED) is 0.863. The van der Waals surface area contributed by atoms with Crippen LogP contribution in [0.3, 0.4) is 0 Å². The van der Waals surface area contributed by atoms with Crippen LogP contribution in [0.4, 0.5) is 4.79 Å². The highest BCUT2D eigenvalue weighted by molar-refractivity contribution is 5.75. The molecule has 4 heteroatoms. The molecule has 4 aliphatic rings. The van der Waals surface area contributed by atoms with Crippen LogP contribution in [0.1, 0.15) is 58.8 Å². The molecule has 1 N–H and O–H groups in total. The Morgan fingerprint density at radius 2 is 1.76 bits per heavy atom. The Morgan fingerprint density at radius 3 is 2.19 bits per heavy atom. The van der Waals surface area contributed by atoms with Gasteiger partial charge in [-0.15, -0.1) is 0 Å². The van der Waals surface area contributed by atoms with Gasteiger partial charge in [0.1, 0.15) is 0 Å². The number of rotatable bonds is 4. The van der Waals surface area contributed by atoms with E-state index in [0.29, 0.717) is 13.0 Å². The summed E-state index contributed by atoms with van der Waals surface area (Å²) in [7, 11) is 0. The fourth-order valence-electron chi connectivity index (χ4n) is 5.33. The van der Waals surface area contributed by atoms with Crippen molar-refractivity contribution in [1.29, 1.82) is 5.26 Å². The fourth-order valence-corrected chi connectivity index (χ4v) is 5.33. The van der Waals surface area contributed by atoms with Gasteiger partial charge in [0.2, 0.25) is 0 Å². The largest absolute Gasteiger partial charge is 0.333 e. The standard InChI is InChI=1S/C17H27N3O/c1-12(2)20(5-3-4-18)16(21)19-17-9-13-6-14(10-17)8-15(7-13)11-17/h12-15H,3,5-11H2,1-2H3,(H,19,21). The Bertz CT molecular complexity index is 416. The van der Waals surface area contributed by atoms with Crippen LogP contribution in [0.25, 0.3) is 0 Å². The molecule has 2 amide bonds. The number of hydrogen-bond acceptors (Lipinski definition) is 2. The summed E-state index contributed by atoms with van der Waals surface area (Å²) >= 11 is 0. The van der Waals surface area contributed by atoms with Crippen LogP contribution in [0.2, 0.25) is 0 Å². The molecular weight excluding hydrogens is 262 g/mol. The summed E-state index contributed by atoms with van der Waals surface area (Å²) in [5.41, 5.74) is 0.0611. The average molecular weight is 289 g/mol. The minimum atomic E-state index is 0.0437. The fraction of sp³-hybridized carbons (Fsp3) is 0.882. The molecule has 0 aromatic carbocycles. The van der Waals surface area contributed by atoms with Gasteiger partial charge < -0.3 is 10.2 Å². The molecule has 0 aliphatic heterocycles. The predicted octanol–water partition coefficient (Wildman–Crippen LogP) is 3.29. The summed E-state index contributed by atoms with van der Waals surface area (Å²) in [6, 6.07) is 2.34. The Kier molecular flexibility index (Phi) is 3.86. The number of nitrogens with one attached hydrogen (secondary N) is 1. The second-order valence-electron chi connectivity index (χ2n) is 7.82. The van der Waals surface area contributed by atoms with Crippen molar-refractivity contribution in [2.75, 3.05) is 6.54 Å². The van der Waals surface area contributed by atoms with Crippen molar-refractivity contribution in [2.45, 2.75) is 70.4 Å². The third-order valence-electron chi connectivity index (χ3n) is 5.76. The van der Waals surface area contributed by atoms with E-state index in [1.54, 1.807) is 0 Å². The summed E-state index contributed by atoms with van der Waals surface area (Å²) in [5.74, 6) is 2.51. The monoisotopic (exact) mass is 289 g/mol. The first-order valence-electron chi connectivity index (χ1n) is 8.47. The summed E-state index contributed by atoms with van der Waals surface area (Å²) < 4.78 is 0. The maximum atomic E-state index is 12.7. The van der Waals surface area contributed by atoms with Crippen LogP contribution in [0.15, 0.2) is 0 Å². The number of carbonyl (C=O) groups is 1. The molecular formula is C17H27N3O. The molecule has 4 rings (SSSR count). The average Bonchev–Trinajstić information content (AvgIpc) is 2.36. The molecule has 4 saturated carbocycles. The highest BCUT2D eigenvalue weighted by atomic mass is 16.2. The highest BCUT2D eigenvalue weighted by Gasteiger charge is 2.51. The second-order valence-corrected chi connectivity index (χ2v) is 7.82. The zero-order valence-corrected chi connectivity index (χ0v) is 13.3. The molecule has 0 unspecified atom stereocenters. The first-order valence-corrected chi connectivity index (χ1v) is 8.47. The molecule has 0 atom stereocenters. The number of urea groups is 1. The van der Waals surface area contributed by atoms with E-state index in [4.69, 9.17) is 5.26 Å². The van der Waals surface area contributed by atoms with Crippen molar-refractivity contribution in [1.82, 2.24) is 10.2 Å². The third-order valence-corrected chi connectivity index (χ3v) is 5.76. The Hall–Kier alpha value is -1.24. The molecule has 0 heterocycles. The van der Waals surface area contributed by atoms with E-state index in [-0.39, 0.29) is 17.6 Å². The lowest BCUT2D eigenvalue weighted by Gasteiger charge is -2.57. The zero-order chi connectivity index (χ0) is 15.0. The van der Waals surface area contributed by atoms with Crippen LogP contribution in [-0.4, -0.2) is 29.1 Å². The molecule has 21 heavy (non-hydrogen) atoms. The van der Waals surface area contributed by atoms with Crippen LogP contribution in [0.5, 0.6) is 0 Å². The number of amides is 2. The maximum Gasteiger partial charge on any atom is 0.318 e. The normalized spacial score (nSPS) is 36.6. The van der Waals surface area contributed by atoms with E-state index in [9.17, 15) is 4.79 Å². The van der Waals surface area contributed by atoms with Gasteiger partial charge >= 0.3 is 6.03 Å². The lowest BCUT2D eigenvalue weighted by molar-refractivity contribution is -0.0161. The molecule has 4 bridgehead atoms. The van der Waals surface area contributed by atoms with Crippen molar-refractivity contribution in [3.63, 3.8) is 0 Å². The van der Waals surface area contributed by atoms with Gasteiger partial charge in [0.05, 0.1) is 12.5 Å². The van der Waals surface area contributed by atoms with Crippen LogP contribution < -0.4 is 5.32 Å². The van der Waals surface area contributed by atoms with E-state index < -0.39 is 0 Å². The van der Waals surface area contributed by atoms with Gasteiger partial charge in [0, 0.05) is 18.1 Å². The highest BCUT2D eigenvalue weighted by Crippen LogP contribution is 2.55. The van der Waals surface area contributed by atoms with Crippen molar-refractivity contribution in [2.24, 2.45) is 17.8 Å². The van der Waals surface area contributed by atoms with Crippen LogP contribution in [0, 0.1) is 29.1 Å². The van der Waals surface area contributed by atoms with E-state index in [1.807, 2.05) is 18.7 Å². The van der Waals surface area contributed by atoms with Crippen molar-refractivity contribution >= 4 is 6.03 Å². The first-order chi connectivity index (χ1) is 10.0. The van der Waals surface area contributed by atoms with Gasteiger partial charge in [0.25, 0.3) is 0 Å².